The molecule has 1 aromatic rings. The molecule has 0 heterocycles. The predicted octanol–water partition coefficient (Wildman–Crippen LogP) is 1.63. The largest absolute Gasteiger partial charge is 0.384 e. The van der Waals surface area contributed by atoms with E-state index in [1.54, 1.807) is 24.3 Å². The Morgan fingerprint density at radius 2 is 1.89 bits per heavy atom. The van der Waals surface area contributed by atoms with Crippen LogP contribution in [0.5, 0.6) is 0 Å². The Labute approximate surface area is 108 Å². The van der Waals surface area contributed by atoms with Crippen LogP contribution in [-0.2, 0) is 9.84 Å². The van der Waals surface area contributed by atoms with Crippen molar-refractivity contribution < 1.29 is 8.42 Å². The number of rotatable bonds is 5. The number of nitrogens with two attached hydrogens (primary N) is 1. The first-order valence-electron chi connectivity index (χ1n) is 6.19. The number of hydrogen-bond donors (Lipinski definition) is 2. The highest BCUT2D eigenvalue weighted by molar-refractivity contribution is 7.90. The molecule has 3 N–H and O–H groups in total. The average Bonchev–Trinajstić information content (AvgIpc) is 2.28. The van der Waals surface area contributed by atoms with E-state index in [4.69, 9.17) is 5.73 Å². The maximum atomic E-state index is 11.3. The van der Waals surface area contributed by atoms with Crippen molar-refractivity contribution in [2.24, 2.45) is 11.1 Å². The van der Waals surface area contributed by atoms with Crippen LogP contribution in [0.15, 0.2) is 29.2 Å². The zero-order valence-corrected chi connectivity index (χ0v) is 11.5. The second kappa shape index (κ2) is 4.90. The Bertz CT molecular complexity index is 499. The molecule has 0 aliphatic heterocycles. The SMILES string of the molecule is CS(=O)(=O)c1ccc(NCC2(CN)CCC2)cc1. The number of hydrogen-bond acceptors (Lipinski definition) is 4. The van der Waals surface area contributed by atoms with Crippen LogP contribution in [0, 0.1) is 5.41 Å². The van der Waals surface area contributed by atoms with Gasteiger partial charge in [-0.1, -0.05) is 6.42 Å². The monoisotopic (exact) mass is 268 g/mol. The highest BCUT2D eigenvalue weighted by Gasteiger charge is 2.35. The van der Waals surface area contributed by atoms with Crippen molar-refractivity contribution in [2.45, 2.75) is 24.2 Å². The molecule has 0 atom stereocenters. The molecule has 1 aliphatic carbocycles. The van der Waals surface area contributed by atoms with E-state index in [9.17, 15) is 8.42 Å². The maximum absolute atomic E-state index is 11.3. The first-order valence-corrected chi connectivity index (χ1v) is 8.08. The van der Waals surface area contributed by atoms with Crippen molar-refractivity contribution in [3.63, 3.8) is 0 Å². The predicted molar refractivity (Wildman–Crippen MR) is 73.4 cm³/mol. The normalized spacial score (nSPS) is 18.1. The molecule has 0 saturated heterocycles. The van der Waals surface area contributed by atoms with Gasteiger partial charge in [0, 0.05) is 18.5 Å². The van der Waals surface area contributed by atoms with Gasteiger partial charge in [-0.3, -0.25) is 0 Å². The fourth-order valence-electron chi connectivity index (χ4n) is 2.24. The minimum Gasteiger partial charge on any atom is -0.384 e. The van der Waals surface area contributed by atoms with Gasteiger partial charge in [0.05, 0.1) is 4.90 Å². The number of sulfone groups is 1. The third-order valence-corrected chi connectivity index (χ3v) is 4.93. The van der Waals surface area contributed by atoms with E-state index in [-0.39, 0.29) is 5.41 Å². The zero-order valence-electron chi connectivity index (χ0n) is 10.6. The first kappa shape index (κ1) is 13.4. The van der Waals surface area contributed by atoms with Gasteiger partial charge in [-0.25, -0.2) is 8.42 Å². The highest BCUT2D eigenvalue weighted by atomic mass is 32.2. The van der Waals surface area contributed by atoms with Crippen LogP contribution in [-0.4, -0.2) is 27.8 Å². The highest BCUT2D eigenvalue weighted by Crippen LogP contribution is 2.39. The van der Waals surface area contributed by atoms with Crippen molar-refractivity contribution in [1.82, 2.24) is 0 Å². The molecule has 5 heteroatoms. The van der Waals surface area contributed by atoms with E-state index in [0.29, 0.717) is 11.4 Å². The lowest BCUT2D eigenvalue weighted by molar-refractivity contribution is 0.163. The van der Waals surface area contributed by atoms with Gasteiger partial charge in [-0.15, -0.1) is 0 Å². The van der Waals surface area contributed by atoms with Crippen LogP contribution in [0.1, 0.15) is 19.3 Å². The summed E-state index contributed by atoms with van der Waals surface area (Å²) in [5, 5.41) is 3.34. The van der Waals surface area contributed by atoms with Gasteiger partial charge in [-0.05, 0) is 49.1 Å². The summed E-state index contributed by atoms with van der Waals surface area (Å²) in [7, 11) is -3.11. The molecule has 1 saturated carbocycles. The van der Waals surface area contributed by atoms with Gasteiger partial charge in [0.15, 0.2) is 9.84 Å². The van der Waals surface area contributed by atoms with Crippen LogP contribution in [0.3, 0.4) is 0 Å². The third kappa shape index (κ3) is 2.84. The molecule has 100 valence electrons. The summed E-state index contributed by atoms with van der Waals surface area (Å²) in [6, 6.07) is 6.87. The molecule has 0 amide bonds. The minimum absolute atomic E-state index is 0.246. The fourth-order valence-corrected chi connectivity index (χ4v) is 2.87. The summed E-state index contributed by atoms with van der Waals surface area (Å²) >= 11 is 0. The summed E-state index contributed by atoms with van der Waals surface area (Å²) in [6.07, 6.45) is 4.83. The molecule has 18 heavy (non-hydrogen) atoms. The molecule has 0 aromatic heterocycles. The van der Waals surface area contributed by atoms with Gasteiger partial charge in [0.2, 0.25) is 0 Å². The zero-order chi connectivity index (χ0) is 13.2. The molecule has 1 fully saturated rings. The average molecular weight is 268 g/mol. The first-order chi connectivity index (χ1) is 8.45. The third-order valence-electron chi connectivity index (χ3n) is 3.80. The van der Waals surface area contributed by atoms with Crippen LogP contribution in [0.4, 0.5) is 5.69 Å². The molecule has 0 spiro atoms. The molecule has 0 unspecified atom stereocenters. The van der Waals surface area contributed by atoms with Gasteiger partial charge in [0.1, 0.15) is 0 Å². The van der Waals surface area contributed by atoms with Gasteiger partial charge < -0.3 is 11.1 Å². The van der Waals surface area contributed by atoms with E-state index in [1.165, 1.54) is 25.5 Å². The lowest BCUT2D eigenvalue weighted by Crippen LogP contribution is -2.42. The van der Waals surface area contributed by atoms with Crippen LogP contribution >= 0.6 is 0 Å². The summed E-state index contributed by atoms with van der Waals surface area (Å²) in [5.41, 5.74) is 6.99. The minimum atomic E-state index is -3.11. The molecule has 2 rings (SSSR count). The standard InChI is InChI=1S/C13H20N2O2S/c1-18(16,17)12-5-3-11(4-6-12)15-10-13(9-14)7-2-8-13/h3-6,15H,2,7-10,14H2,1H3. The number of benzene rings is 1. The Kier molecular flexibility index (Phi) is 3.64. The molecule has 1 aliphatic rings. The lowest BCUT2D eigenvalue weighted by Gasteiger charge is -2.41. The molecular weight excluding hydrogens is 248 g/mol. The Balaban J connectivity index is 1.99. The summed E-state index contributed by atoms with van der Waals surface area (Å²) in [6.45, 7) is 1.57. The summed E-state index contributed by atoms with van der Waals surface area (Å²) in [4.78, 5) is 0.352. The van der Waals surface area contributed by atoms with Crippen molar-refractivity contribution in [3.8, 4) is 0 Å². The number of nitrogens with one attached hydrogen (secondary N) is 1. The van der Waals surface area contributed by atoms with Gasteiger partial charge >= 0.3 is 0 Å². The van der Waals surface area contributed by atoms with E-state index in [2.05, 4.69) is 5.32 Å². The van der Waals surface area contributed by atoms with Crippen molar-refractivity contribution in [1.29, 1.82) is 0 Å². The van der Waals surface area contributed by atoms with Crippen LogP contribution in [0.2, 0.25) is 0 Å². The second-order valence-corrected chi connectivity index (χ2v) is 7.22. The molecule has 4 nitrogen and oxygen atoms in total. The fraction of sp³-hybridized carbons (Fsp3) is 0.538. The van der Waals surface area contributed by atoms with Crippen molar-refractivity contribution in [3.05, 3.63) is 24.3 Å². The topological polar surface area (TPSA) is 72.2 Å². The Hall–Kier alpha value is -1.07. The molecule has 1 aromatic carbocycles. The molecular formula is C13H20N2O2S. The molecule has 0 bridgehead atoms. The summed E-state index contributed by atoms with van der Waals surface area (Å²) < 4.78 is 22.7. The van der Waals surface area contributed by atoms with E-state index < -0.39 is 9.84 Å². The Morgan fingerprint density at radius 1 is 1.28 bits per heavy atom. The van der Waals surface area contributed by atoms with E-state index in [1.807, 2.05) is 0 Å². The van der Waals surface area contributed by atoms with Crippen LogP contribution < -0.4 is 11.1 Å². The lowest BCUT2D eigenvalue weighted by atomic mass is 9.69. The maximum Gasteiger partial charge on any atom is 0.175 e. The second-order valence-electron chi connectivity index (χ2n) is 5.21. The summed E-state index contributed by atoms with van der Waals surface area (Å²) in [5.74, 6) is 0. The van der Waals surface area contributed by atoms with Crippen molar-refractivity contribution >= 4 is 15.5 Å². The Morgan fingerprint density at radius 3 is 2.28 bits per heavy atom. The van der Waals surface area contributed by atoms with Gasteiger partial charge in [0.25, 0.3) is 0 Å². The quantitative estimate of drug-likeness (QED) is 0.851. The van der Waals surface area contributed by atoms with E-state index in [0.717, 1.165) is 12.2 Å². The van der Waals surface area contributed by atoms with Gasteiger partial charge in [-0.2, -0.15) is 0 Å². The smallest absolute Gasteiger partial charge is 0.175 e. The van der Waals surface area contributed by atoms with E-state index >= 15 is 0 Å². The van der Waals surface area contributed by atoms with Crippen molar-refractivity contribution in [2.75, 3.05) is 24.7 Å². The number of anilines is 1. The van der Waals surface area contributed by atoms with Crippen LogP contribution in [0.25, 0.3) is 0 Å². The molecule has 0 radical (unpaired) electrons.